The van der Waals surface area contributed by atoms with Crippen molar-refractivity contribution in [2.75, 3.05) is 7.11 Å². The number of nitrogens with zero attached hydrogens (tertiary/aromatic N) is 4. The smallest absolute Gasteiger partial charge is 0.141 e. The summed E-state index contributed by atoms with van der Waals surface area (Å²) in [4.78, 5) is 4.68. The van der Waals surface area contributed by atoms with Crippen LogP contribution in [0, 0.1) is 0 Å². The number of hydrogen-bond donors (Lipinski definition) is 0. The van der Waals surface area contributed by atoms with Gasteiger partial charge in [0.2, 0.25) is 0 Å². The Hall–Kier alpha value is -5.36. The number of ether oxygens (including phenoxy) is 2. The highest BCUT2D eigenvalue weighted by atomic mass is 16.5. The van der Waals surface area contributed by atoms with E-state index in [0.29, 0.717) is 0 Å². The maximum Gasteiger partial charge on any atom is 0.141 e. The molecule has 0 aliphatic rings. The Labute approximate surface area is 250 Å². The highest BCUT2D eigenvalue weighted by molar-refractivity contribution is 6.09. The molecule has 0 unspecified atom stereocenters. The zero-order chi connectivity index (χ0) is 29.3. The van der Waals surface area contributed by atoms with Crippen molar-refractivity contribution >= 4 is 21.8 Å². The van der Waals surface area contributed by atoms with Crippen LogP contribution in [0.3, 0.4) is 0 Å². The van der Waals surface area contributed by atoms with E-state index in [-0.39, 0.29) is 0 Å². The van der Waals surface area contributed by atoms with E-state index >= 15 is 0 Å². The standard InChI is InChI=1S/C37H32N4O2/c1-4-32-37(25-12-7-6-8-13-25)33(5-2)41(39-32)26-14-11-15-28(22-26)43-29-18-19-31-30-16-9-10-17-34(30)40(35(31)23-29)36-24-27(42-3)20-21-38-36/h6-24H,4-5H2,1-3H3. The van der Waals surface area contributed by atoms with E-state index in [1.807, 2.05) is 36.4 Å². The van der Waals surface area contributed by atoms with E-state index in [9.17, 15) is 0 Å². The summed E-state index contributed by atoms with van der Waals surface area (Å²) < 4.78 is 16.2. The molecule has 0 atom stereocenters. The molecule has 0 saturated carbocycles. The fraction of sp³-hybridized carbons (Fsp3) is 0.135. The molecule has 212 valence electrons. The van der Waals surface area contributed by atoms with Crippen molar-refractivity contribution in [3.8, 4) is 39.9 Å². The number of rotatable bonds is 8. The van der Waals surface area contributed by atoms with Crippen LogP contribution in [-0.4, -0.2) is 26.4 Å². The molecule has 0 amide bonds. The van der Waals surface area contributed by atoms with Crippen molar-refractivity contribution in [2.45, 2.75) is 26.7 Å². The molecule has 0 N–H and O–H groups in total. The van der Waals surface area contributed by atoms with Gasteiger partial charge in [0, 0.05) is 40.7 Å². The molecular weight excluding hydrogens is 532 g/mol. The average molecular weight is 565 g/mol. The lowest BCUT2D eigenvalue weighted by Crippen LogP contribution is -2.02. The Morgan fingerprint density at radius 3 is 2.28 bits per heavy atom. The van der Waals surface area contributed by atoms with Crippen LogP contribution < -0.4 is 9.47 Å². The summed E-state index contributed by atoms with van der Waals surface area (Å²) in [5, 5.41) is 7.34. The molecule has 7 rings (SSSR count). The number of benzene rings is 4. The molecule has 3 heterocycles. The third-order valence-corrected chi connectivity index (χ3v) is 7.91. The number of hydrogen-bond acceptors (Lipinski definition) is 4. The van der Waals surface area contributed by atoms with Crippen LogP contribution >= 0.6 is 0 Å². The zero-order valence-corrected chi connectivity index (χ0v) is 24.5. The van der Waals surface area contributed by atoms with E-state index in [0.717, 1.165) is 69.1 Å². The molecular formula is C37H32N4O2. The topological polar surface area (TPSA) is 54.1 Å². The number of fused-ring (bicyclic) bond motifs is 3. The summed E-state index contributed by atoms with van der Waals surface area (Å²) in [6, 6.07) is 37.1. The number of para-hydroxylation sites is 1. The molecule has 43 heavy (non-hydrogen) atoms. The highest BCUT2D eigenvalue weighted by Crippen LogP contribution is 2.36. The van der Waals surface area contributed by atoms with E-state index in [1.54, 1.807) is 13.3 Å². The van der Waals surface area contributed by atoms with Crippen molar-refractivity contribution in [3.05, 3.63) is 127 Å². The monoisotopic (exact) mass is 564 g/mol. The highest BCUT2D eigenvalue weighted by Gasteiger charge is 2.19. The Morgan fingerprint density at radius 2 is 1.47 bits per heavy atom. The molecule has 6 nitrogen and oxygen atoms in total. The molecule has 7 aromatic rings. The SMILES string of the molecule is CCc1nn(-c2cccc(Oc3ccc4c5ccccc5n(-c5cc(OC)ccn5)c4c3)c2)c(CC)c1-c1ccccc1. The summed E-state index contributed by atoms with van der Waals surface area (Å²) in [5.74, 6) is 3.03. The Kier molecular flexibility index (Phi) is 6.87. The molecule has 0 saturated heterocycles. The van der Waals surface area contributed by atoms with Crippen molar-refractivity contribution in [1.29, 1.82) is 0 Å². The number of aryl methyl sites for hydroxylation is 1. The van der Waals surface area contributed by atoms with E-state index in [4.69, 9.17) is 14.6 Å². The van der Waals surface area contributed by atoms with Gasteiger partial charge in [0.1, 0.15) is 23.1 Å². The summed E-state index contributed by atoms with van der Waals surface area (Å²) in [6.07, 6.45) is 3.49. The van der Waals surface area contributed by atoms with E-state index in [2.05, 4.69) is 101 Å². The van der Waals surface area contributed by atoms with Gasteiger partial charge in [-0.2, -0.15) is 5.10 Å². The normalized spacial score (nSPS) is 11.3. The van der Waals surface area contributed by atoms with Crippen LogP contribution in [-0.2, 0) is 12.8 Å². The third kappa shape index (κ3) is 4.71. The van der Waals surface area contributed by atoms with Crippen molar-refractivity contribution in [1.82, 2.24) is 19.3 Å². The lowest BCUT2D eigenvalue weighted by Gasteiger charge is -2.12. The van der Waals surface area contributed by atoms with E-state index < -0.39 is 0 Å². The summed E-state index contributed by atoms with van der Waals surface area (Å²) in [7, 11) is 1.67. The second kappa shape index (κ2) is 11.1. The maximum absolute atomic E-state index is 6.50. The van der Waals surface area contributed by atoms with Crippen molar-refractivity contribution in [3.63, 3.8) is 0 Å². The average Bonchev–Trinajstić information content (AvgIpc) is 3.61. The molecule has 4 aromatic carbocycles. The molecule has 0 bridgehead atoms. The minimum absolute atomic E-state index is 0.743. The van der Waals surface area contributed by atoms with Gasteiger partial charge in [0.05, 0.1) is 35.2 Å². The second-order valence-corrected chi connectivity index (χ2v) is 10.4. The number of aromatic nitrogens is 4. The summed E-state index contributed by atoms with van der Waals surface area (Å²) in [6.45, 7) is 4.35. The first-order valence-corrected chi connectivity index (χ1v) is 14.7. The predicted molar refractivity (Wildman–Crippen MR) is 173 cm³/mol. The van der Waals surface area contributed by atoms with Gasteiger partial charge in [-0.1, -0.05) is 68.4 Å². The van der Waals surface area contributed by atoms with Crippen LogP contribution in [0.15, 0.2) is 115 Å². The van der Waals surface area contributed by atoms with Gasteiger partial charge in [-0.05, 0) is 54.8 Å². The molecule has 0 radical (unpaired) electrons. The third-order valence-electron chi connectivity index (χ3n) is 7.91. The first-order valence-electron chi connectivity index (χ1n) is 14.7. The van der Waals surface area contributed by atoms with Crippen LogP contribution in [0.2, 0.25) is 0 Å². The Balaban J connectivity index is 1.30. The maximum atomic E-state index is 6.50. The number of methoxy groups -OCH3 is 1. The van der Waals surface area contributed by atoms with Crippen LogP contribution in [0.1, 0.15) is 25.2 Å². The number of pyridine rings is 1. The fourth-order valence-electron chi connectivity index (χ4n) is 5.95. The first kappa shape index (κ1) is 26.5. The lowest BCUT2D eigenvalue weighted by atomic mass is 10.0. The zero-order valence-electron chi connectivity index (χ0n) is 24.5. The van der Waals surface area contributed by atoms with Crippen molar-refractivity contribution < 1.29 is 9.47 Å². The fourth-order valence-corrected chi connectivity index (χ4v) is 5.95. The largest absolute Gasteiger partial charge is 0.497 e. The molecule has 0 fully saturated rings. The lowest BCUT2D eigenvalue weighted by molar-refractivity contribution is 0.414. The van der Waals surface area contributed by atoms with Gasteiger partial charge in [-0.15, -0.1) is 0 Å². The van der Waals surface area contributed by atoms with Gasteiger partial charge in [0.25, 0.3) is 0 Å². The molecule has 0 aliphatic heterocycles. The second-order valence-electron chi connectivity index (χ2n) is 10.4. The Morgan fingerprint density at radius 1 is 0.674 bits per heavy atom. The van der Waals surface area contributed by atoms with Gasteiger partial charge >= 0.3 is 0 Å². The minimum Gasteiger partial charge on any atom is -0.497 e. The van der Waals surface area contributed by atoms with Crippen LogP contribution in [0.4, 0.5) is 0 Å². The molecule has 0 aliphatic carbocycles. The van der Waals surface area contributed by atoms with Crippen molar-refractivity contribution in [2.24, 2.45) is 0 Å². The molecule has 6 heteroatoms. The van der Waals surface area contributed by atoms with Gasteiger partial charge < -0.3 is 9.47 Å². The van der Waals surface area contributed by atoms with Gasteiger partial charge in [-0.25, -0.2) is 9.67 Å². The predicted octanol–water partition coefficient (Wildman–Crippen LogP) is 8.96. The van der Waals surface area contributed by atoms with E-state index in [1.165, 1.54) is 16.8 Å². The molecule has 0 spiro atoms. The van der Waals surface area contributed by atoms with Crippen LogP contribution in [0.5, 0.6) is 17.2 Å². The summed E-state index contributed by atoms with van der Waals surface area (Å²) >= 11 is 0. The molecule has 3 aromatic heterocycles. The first-order chi connectivity index (χ1) is 21.2. The minimum atomic E-state index is 0.743. The quantitative estimate of drug-likeness (QED) is 0.185. The van der Waals surface area contributed by atoms with Gasteiger partial charge in [-0.3, -0.25) is 4.57 Å². The summed E-state index contributed by atoms with van der Waals surface area (Å²) in [5.41, 5.74) is 7.77. The van der Waals surface area contributed by atoms with Crippen LogP contribution in [0.25, 0.3) is 44.4 Å². The van der Waals surface area contributed by atoms with Gasteiger partial charge in [0.15, 0.2) is 0 Å². The Bertz CT molecular complexity index is 2070.